The van der Waals surface area contributed by atoms with E-state index in [0.29, 0.717) is 5.56 Å². The van der Waals surface area contributed by atoms with Gasteiger partial charge in [-0.15, -0.1) is 0 Å². The largest absolute Gasteiger partial charge is 0.398 e. The first-order chi connectivity index (χ1) is 10.1. The van der Waals surface area contributed by atoms with Crippen LogP contribution in [0.25, 0.3) is 21.9 Å². The average molecular weight is 275 g/mol. The van der Waals surface area contributed by atoms with E-state index in [0.717, 1.165) is 22.2 Å². The molecule has 0 amide bonds. The topological polar surface area (TPSA) is 43.1 Å². The normalized spacial score (nSPS) is 10.8. The fourth-order valence-electron chi connectivity index (χ4n) is 2.78. The smallest absolute Gasteiger partial charge is 0.159 e. The first-order valence-electron chi connectivity index (χ1n) is 6.97. The zero-order valence-electron chi connectivity index (χ0n) is 12.2. The Hall–Kier alpha value is -2.61. The van der Waals surface area contributed by atoms with Crippen LogP contribution in [0.1, 0.15) is 22.8 Å². The second-order valence-corrected chi connectivity index (χ2v) is 5.34. The van der Waals surface area contributed by atoms with Crippen molar-refractivity contribution in [3.05, 3.63) is 65.7 Å². The Morgan fingerprint density at radius 3 is 2.19 bits per heavy atom. The monoisotopic (exact) mass is 275 g/mol. The molecule has 0 atom stereocenters. The molecule has 3 aromatic rings. The number of ketones is 1. The number of nitrogen functional groups attached to an aromatic ring is 1. The number of aryl methyl sites for hydroxylation is 1. The quantitative estimate of drug-likeness (QED) is 0.548. The van der Waals surface area contributed by atoms with Gasteiger partial charge < -0.3 is 5.73 Å². The van der Waals surface area contributed by atoms with Gasteiger partial charge in [-0.05, 0) is 41.8 Å². The standard InChI is InChI=1S/C19H17NO/c1-12-11-18(20)19(17-6-4-3-5-16(12)17)15-9-7-14(8-10-15)13(2)21/h3-11H,20H2,1-2H3. The van der Waals surface area contributed by atoms with Crippen molar-refractivity contribution in [1.29, 1.82) is 0 Å². The predicted molar refractivity (Wildman–Crippen MR) is 88.5 cm³/mol. The molecule has 0 aliphatic heterocycles. The summed E-state index contributed by atoms with van der Waals surface area (Å²) in [6.07, 6.45) is 0. The van der Waals surface area contributed by atoms with Gasteiger partial charge in [-0.1, -0.05) is 48.5 Å². The first-order valence-corrected chi connectivity index (χ1v) is 6.97. The molecule has 0 aliphatic carbocycles. The van der Waals surface area contributed by atoms with Crippen LogP contribution in [-0.4, -0.2) is 5.78 Å². The molecule has 0 aromatic heterocycles. The second kappa shape index (κ2) is 5.06. The number of carbonyl (C=O) groups is 1. The number of hydrogen-bond acceptors (Lipinski definition) is 2. The van der Waals surface area contributed by atoms with Gasteiger partial charge in [0.05, 0.1) is 0 Å². The SMILES string of the molecule is CC(=O)c1ccc(-c2c(N)cc(C)c3ccccc23)cc1. The Morgan fingerprint density at radius 1 is 0.952 bits per heavy atom. The van der Waals surface area contributed by atoms with Crippen molar-refractivity contribution >= 4 is 22.2 Å². The van der Waals surface area contributed by atoms with Crippen LogP contribution in [0.15, 0.2) is 54.6 Å². The number of anilines is 1. The van der Waals surface area contributed by atoms with Crippen LogP contribution in [0.5, 0.6) is 0 Å². The van der Waals surface area contributed by atoms with Crippen molar-refractivity contribution in [2.24, 2.45) is 0 Å². The highest BCUT2D eigenvalue weighted by Crippen LogP contribution is 2.35. The van der Waals surface area contributed by atoms with Crippen LogP contribution in [0.2, 0.25) is 0 Å². The lowest BCUT2D eigenvalue weighted by molar-refractivity contribution is 0.101. The number of rotatable bonds is 2. The minimum atomic E-state index is 0.0725. The van der Waals surface area contributed by atoms with Gasteiger partial charge in [0.25, 0.3) is 0 Å². The van der Waals surface area contributed by atoms with E-state index in [-0.39, 0.29) is 5.78 Å². The van der Waals surface area contributed by atoms with Crippen LogP contribution in [-0.2, 0) is 0 Å². The highest BCUT2D eigenvalue weighted by atomic mass is 16.1. The van der Waals surface area contributed by atoms with Gasteiger partial charge >= 0.3 is 0 Å². The molecule has 0 bridgehead atoms. The van der Waals surface area contributed by atoms with E-state index < -0.39 is 0 Å². The van der Waals surface area contributed by atoms with Crippen molar-refractivity contribution in [3.8, 4) is 11.1 Å². The second-order valence-electron chi connectivity index (χ2n) is 5.34. The molecular weight excluding hydrogens is 258 g/mol. The fourth-order valence-corrected chi connectivity index (χ4v) is 2.78. The molecular formula is C19H17NO. The Labute approximate surface area is 124 Å². The highest BCUT2D eigenvalue weighted by Gasteiger charge is 2.10. The zero-order chi connectivity index (χ0) is 15.0. The van der Waals surface area contributed by atoms with Crippen molar-refractivity contribution in [3.63, 3.8) is 0 Å². The maximum atomic E-state index is 11.4. The third-order valence-corrected chi connectivity index (χ3v) is 3.86. The maximum Gasteiger partial charge on any atom is 0.159 e. The van der Waals surface area contributed by atoms with Gasteiger partial charge in [0.15, 0.2) is 5.78 Å². The number of nitrogens with two attached hydrogens (primary N) is 1. The van der Waals surface area contributed by atoms with Crippen molar-refractivity contribution < 1.29 is 4.79 Å². The van der Waals surface area contributed by atoms with E-state index in [9.17, 15) is 4.79 Å². The van der Waals surface area contributed by atoms with E-state index in [1.54, 1.807) is 6.92 Å². The number of fused-ring (bicyclic) bond motifs is 1. The van der Waals surface area contributed by atoms with Crippen LogP contribution in [0.3, 0.4) is 0 Å². The van der Waals surface area contributed by atoms with Crippen molar-refractivity contribution in [2.75, 3.05) is 5.73 Å². The Kier molecular flexibility index (Phi) is 3.22. The van der Waals surface area contributed by atoms with E-state index in [1.165, 1.54) is 10.9 Å². The number of carbonyl (C=O) groups excluding carboxylic acids is 1. The van der Waals surface area contributed by atoms with E-state index in [2.05, 4.69) is 19.1 Å². The number of Topliss-reactive ketones (excluding diaryl/α,β-unsaturated/α-hetero) is 1. The molecule has 104 valence electrons. The number of benzene rings is 3. The van der Waals surface area contributed by atoms with Crippen LogP contribution in [0, 0.1) is 6.92 Å². The van der Waals surface area contributed by atoms with Crippen LogP contribution >= 0.6 is 0 Å². The van der Waals surface area contributed by atoms with Gasteiger partial charge in [-0.25, -0.2) is 0 Å². The third kappa shape index (κ3) is 2.29. The van der Waals surface area contributed by atoms with E-state index >= 15 is 0 Å². The lowest BCUT2D eigenvalue weighted by atomic mass is 9.93. The zero-order valence-corrected chi connectivity index (χ0v) is 12.2. The summed E-state index contributed by atoms with van der Waals surface area (Å²) in [5.41, 5.74) is 11.0. The lowest BCUT2D eigenvalue weighted by Crippen LogP contribution is -1.95. The first kappa shape index (κ1) is 13.4. The van der Waals surface area contributed by atoms with Gasteiger partial charge in [-0.2, -0.15) is 0 Å². The van der Waals surface area contributed by atoms with Gasteiger partial charge in [0.1, 0.15) is 0 Å². The highest BCUT2D eigenvalue weighted by molar-refractivity contribution is 6.04. The molecule has 0 heterocycles. The molecule has 21 heavy (non-hydrogen) atoms. The van der Waals surface area contributed by atoms with E-state index in [1.807, 2.05) is 42.5 Å². The molecule has 2 N–H and O–H groups in total. The summed E-state index contributed by atoms with van der Waals surface area (Å²) in [4.78, 5) is 11.4. The molecule has 3 rings (SSSR count). The average Bonchev–Trinajstić information content (AvgIpc) is 2.48. The molecule has 2 nitrogen and oxygen atoms in total. The minimum absolute atomic E-state index is 0.0725. The summed E-state index contributed by atoms with van der Waals surface area (Å²) >= 11 is 0. The molecule has 0 spiro atoms. The molecule has 2 heteroatoms. The Morgan fingerprint density at radius 2 is 1.57 bits per heavy atom. The van der Waals surface area contributed by atoms with Gasteiger partial charge in [0.2, 0.25) is 0 Å². The molecule has 0 unspecified atom stereocenters. The van der Waals surface area contributed by atoms with Crippen LogP contribution < -0.4 is 5.73 Å². The molecule has 0 saturated heterocycles. The summed E-state index contributed by atoms with van der Waals surface area (Å²) < 4.78 is 0. The van der Waals surface area contributed by atoms with Gasteiger partial charge in [0, 0.05) is 16.8 Å². The van der Waals surface area contributed by atoms with E-state index in [4.69, 9.17) is 5.73 Å². The number of hydrogen-bond donors (Lipinski definition) is 1. The molecule has 0 fully saturated rings. The lowest BCUT2D eigenvalue weighted by Gasteiger charge is -2.13. The maximum absolute atomic E-state index is 11.4. The molecule has 0 radical (unpaired) electrons. The molecule has 0 aliphatic rings. The summed E-state index contributed by atoms with van der Waals surface area (Å²) in [5.74, 6) is 0.0725. The minimum Gasteiger partial charge on any atom is -0.398 e. The predicted octanol–water partition coefficient (Wildman–Crippen LogP) is 4.60. The Balaban J connectivity index is 2.27. The molecule has 3 aromatic carbocycles. The van der Waals surface area contributed by atoms with Crippen molar-refractivity contribution in [1.82, 2.24) is 0 Å². The van der Waals surface area contributed by atoms with Crippen molar-refractivity contribution in [2.45, 2.75) is 13.8 Å². The van der Waals surface area contributed by atoms with Crippen LogP contribution in [0.4, 0.5) is 5.69 Å². The summed E-state index contributed by atoms with van der Waals surface area (Å²) in [6, 6.07) is 17.9. The summed E-state index contributed by atoms with van der Waals surface area (Å²) in [5, 5.41) is 2.35. The Bertz CT molecular complexity index is 832. The summed E-state index contributed by atoms with van der Waals surface area (Å²) in [6.45, 7) is 3.64. The van der Waals surface area contributed by atoms with Gasteiger partial charge in [-0.3, -0.25) is 4.79 Å². The summed E-state index contributed by atoms with van der Waals surface area (Å²) in [7, 11) is 0. The fraction of sp³-hybridized carbons (Fsp3) is 0.105. The molecule has 0 saturated carbocycles. The third-order valence-electron chi connectivity index (χ3n) is 3.86.